The lowest BCUT2D eigenvalue weighted by Gasteiger charge is -2.10. The maximum absolute atomic E-state index is 11.9. The van der Waals surface area contributed by atoms with Gasteiger partial charge in [-0.2, -0.15) is 0 Å². The molecule has 2 aromatic carbocycles. The van der Waals surface area contributed by atoms with Gasteiger partial charge in [0.05, 0.1) is 10.7 Å². The van der Waals surface area contributed by atoms with Gasteiger partial charge in [-0.15, -0.1) is 0 Å². The normalized spacial score (nSPS) is 10.2. The van der Waals surface area contributed by atoms with E-state index in [0.717, 1.165) is 11.1 Å². The summed E-state index contributed by atoms with van der Waals surface area (Å²) >= 11 is 6.07. The molecule has 1 amide bonds. The van der Waals surface area contributed by atoms with Crippen molar-refractivity contribution in [3.8, 4) is 0 Å². The van der Waals surface area contributed by atoms with Gasteiger partial charge in [-0.25, -0.2) is 4.79 Å². The average molecular weight is 332 g/mol. The molecule has 0 atom stereocenters. The fourth-order valence-corrected chi connectivity index (χ4v) is 2.16. The Morgan fingerprint density at radius 3 is 2.52 bits per heavy atom. The van der Waals surface area contributed by atoms with Crippen molar-refractivity contribution < 1.29 is 14.3 Å². The smallest absolute Gasteiger partial charge is 0.412 e. The van der Waals surface area contributed by atoms with E-state index in [2.05, 4.69) is 5.32 Å². The van der Waals surface area contributed by atoms with Crippen LogP contribution >= 0.6 is 11.6 Å². The molecule has 2 aromatic rings. The highest BCUT2D eigenvalue weighted by Gasteiger charge is 2.09. The second-order valence-electron chi connectivity index (χ2n) is 5.07. The SMILES string of the molecule is CCC(=O)Cc1ccc(Cl)c(NC(=O)OCc2ccccc2)c1. The maximum atomic E-state index is 11.9. The molecule has 0 aromatic heterocycles. The summed E-state index contributed by atoms with van der Waals surface area (Å²) in [6.45, 7) is 2.00. The van der Waals surface area contributed by atoms with Gasteiger partial charge in [0.25, 0.3) is 0 Å². The molecular weight excluding hydrogens is 314 g/mol. The van der Waals surface area contributed by atoms with E-state index in [-0.39, 0.29) is 12.4 Å². The minimum atomic E-state index is -0.588. The van der Waals surface area contributed by atoms with Gasteiger partial charge >= 0.3 is 6.09 Å². The fraction of sp³-hybridized carbons (Fsp3) is 0.222. The number of amides is 1. The van der Waals surface area contributed by atoms with Crippen molar-refractivity contribution in [2.24, 2.45) is 0 Å². The molecule has 0 saturated carbocycles. The standard InChI is InChI=1S/C18H18ClNO3/c1-2-15(21)10-14-8-9-16(19)17(11-14)20-18(22)23-12-13-6-4-3-5-7-13/h3-9,11H,2,10,12H2,1H3,(H,20,22). The second-order valence-corrected chi connectivity index (χ2v) is 5.48. The first-order chi connectivity index (χ1) is 11.1. The third kappa shape index (κ3) is 5.42. The number of anilines is 1. The van der Waals surface area contributed by atoms with Crippen molar-refractivity contribution in [3.63, 3.8) is 0 Å². The molecule has 0 aliphatic carbocycles. The lowest BCUT2D eigenvalue weighted by atomic mass is 10.1. The van der Waals surface area contributed by atoms with Gasteiger partial charge in [0.1, 0.15) is 12.4 Å². The summed E-state index contributed by atoms with van der Waals surface area (Å²) in [6.07, 6.45) is 0.209. The molecule has 0 spiro atoms. The minimum Gasteiger partial charge on any atom is -0.444 e. The zero-order valence-electron chi connectivity index (χ0n) is 12.8. The van der Waals surface area contributed by atoms with Crippen LogP contribution in [0.25, 0.3) is 0 Å². The highest BCUT2D eigenvalue weighted by molar-refractivity contribution is 6.33. The predicted molar refractivity (Wildman–Crippen MR) is 90.7 cm³/mol. The number of benzene rings is 2. The first kappa shape index (κ1) is 17.0. The molecule has 0 heterocycles. The first-order valence-electron chi connectivity index (χ1n) is 7.36. The highest BCUT2D eigenvalue weighted by atomic mass is 35.5. The topological polar surface area (TPSA) is 55.4 Å². The van der Waals surface area contributed by atoms with Crippen molar-refractivity contribution in [1.29, 1.82) is 0 Å². The Balaban J connectivity index is 1.96. The van der Waals surface area contributed by atoms with Crippen LogP contribution in [-0.4, -0.2) is 11.9 Å². The quantitative estimate of drug-likeness (QED) is 0.841. The summed E-state index contributed by atoms with van der Waals surface area (Å²) in [5, 5.41) is 3.01. The number of Topliss-reactive ketones (excluding diaryl/α,β-unsaturated/α-hetero) is 1. The van der Waals surface area contributed by atoms with Crippen LogP contribution in [0.3, 0.4) is 0 Å². The van der Waals surface area contributed by atoms with Crippen LogP contribution in [0.5, 0.6) is 0 Å². The molecule has 0 saturated heterocycles. The Labute approximate surface area is 140 Å². The number of hydrogen-bond donors (Lipinski definition) is 1. The number of rotatable bonds is 6. The van der Waals surface area contributed by atoms with Crippen molar-refractivity contribution in [3.05, 3.63) is 64.7 Å². The number of nitrogens with one attached hydrogen (secondary N) is 1. The van der Waals surface area contributed by atoms with E-state index in [9.17, 15) is 9.59 Å². The number of ether oxygens (including phenoxy) is 1. The van der Waals surface area contributed by atoms with Crippen LogP contribution in [-0.2, 0) is 22.6 Å². The third-order valence-electron chi connectivity index (χ3n) is 3.28. The Kier molecular flexibility index (Phi) is 6.18. The molecule has 120 valence electrons. The van der Waals surface area contributed by atoms with Gasteiger partial charge in [0, 0.05) is 12.8 Å². The fourth-order valence-electron chi connectivity index (χ4n) is 2.00. The number of hydrogen-bond acceptors (Lipinski definition) is 3. The van der Waals surface area contributed by atoms with Crippen LogP contribution in [0.15, 0.2) is 48.5 Å². The van der Waals surface area contributed by atoms with E-state index < -0.39 is 6.09 Å². The molecule has 0 unspecified atom stereocenters. The molecule has 23 heavy (non-hydrogen) atoms. The van der Waals surface area contributed by atoms with Crippen molar-refractivity contribution >= 4 is 29.2 Å². The molecule has 0 aliphatic rings. The Hall–Kier alpha value is -2.33. The minimum absolute atomic E-state index is 0.130. The Morgan fingerprint density at radius 2 is 1.83 bits per heavy atom. The van der Waals surface area contributed by atoms with Gasteiger partial charge < -0.3 is 4.74 Å². The van der Waals surface area contributed by atoms with Crippen LogP contribution in [0.4, 0.5) is 10.5 Å². The summed E-state index contributed by atoms with van der Waals surface area (Å²) in [5.41, 5.74) is 2.14. The number of carbonyl (C=O) groups is 2. The third-order valence-corrected chi connectivity index (χ3v) is 3.61. The molecule has 1 N–H and O–H groups in total. The van der Waals surface area contributed by atoms with Gasteiger partial charge in [0.15, 0.2) is 0 Å². The summed E-state index contributed by atoms with van der Waals surface area (Å²) < 4.78 is 5.15. The number of ketones is 1. The van der Waals surface area contributed by atoms with Gasteiger partial charge in [-0.05, 0) is 23.3 Å². The predicted octanol–water partition coefficient (Wildman–Crippen LogP) is 4.61. The van der Waals surface area contributed by atoms with E-state index in [4.69, 9.17) is 16.3 Å². The summed E-state index contributed by atoms with van der Waals surface area (Å²) in [4.78, 5) is 23.4. The molecule has 0 fully saturated rings. The summed E-state index contributed by atoms with van der Waals surface area (Å²) in [5.74, 6) is 0.130. The van der Waals surface area contributed by atoms with Gasteiger partial charge in [0.2, 0.25) is 0 Å². The maximum Gasteiger partial charge on any atom is 0.412 e. The number of halogens is 1. The molecule has 0 radical (unpaired) electrons. The van der Waals surface area contributed by atoms with Crippen LogP contribution < -0.4 is 5.32 Å². The second kappa shape index (κ2) is 8.34. The van der Waals surface area contributed by atoms with Crippen molar-refractivity contribution in [2.75, 3.05) is 5.32 Å². The molecular formula is C18H18ClNO3. The van der Waals surface area contributed by atoms with E-state index >= 15 is 0 Å². The lowest BCUT2D eigenvalue weighted by Crippen LogP contribution is -2.14. The van der Waals surface area contributed by atoms with Crippen LogP contribution in [0, 0.1) is 0 Å². The Bertz CT molecular complexity index is 686. The average Bonchev–Trinajstić information content (AvgIpc) is 2.57. The first-order valence-corrected chi connectivity index (χ1v) is 7.74. The zero-order chi connectivity index (χ0) is 16.7. The highest BCUT2D eigenvalue weighted by Crippen LogP contribution is 2.24. The molecule has 2 rings (SSSR count). The van der Waals surface area contributed by atoms with Gasteiger partial charge in [-0.3, -0.25) is 10.1 Å². The number of carbonyl (C=O) groups excluding carboxylic acids is 2. The van der Waals surface area contributed by atoms with Crippen LogP contribution in [0.1, 0.15) is 24.5 Å². The van der Waals surface area contributed by atoms with E-state index in [0.29, 0.717) is 23.6 Å². The molecule has 0 aliphatic heterocycles. The van der Waals surface area contributed by atoms with Crippen LogP contribution in [0.2, 0.25) is 5.02 Å². The summed E-state index contributed by atoms with van der Waals surface area (Å²) in [6, 6.07) is 14.5. The summed E-state index contributed by atoms with van der Waals surface area (Å²) in [7, 11) is 0. The monoisotopic (exact) mass is 331 g/mol. The molecule has 5 heteroatoms. The van der Waals surface area contributed by atoms with E-state index in [1.807, 2.05) is 37.3 Å². The molecule has 0 bridgehead atoms. The Morgan fingerprint density at radius 1 is 1.09 bits per heavy atom. The van der Waals surface area contributed by atoms with E-state index in [1.165, 1.54) is 0 Å². The van der Waals surface area contributed by atoms with E-state index in [1.54, 1.807) is 18.2 Å². The van der Waals surface area contributed by atoms with Gasteiger partial charge in [-0.1, -0.05) is 54.9 Å². The molecule has 4 nitrogen and oxygen atoms in total. The zero-order valence-corrected chi connectivity index (χ0v) is 13.6. The lowest BCUT2D eigenvalue weighted by molar-refractivity contribution is -0.118. The van der Waals surface area contributed by atoms with Crippen molar-refractivity contribution in [1.82, 2.24) is 0 Å². The largest absolute Gasteiger partial charge is 0.444 e. The van der Waals surface area contributed by atoms with Crippen molar-refractivity contribution in [2.45, 2.75) is 26.4 Å².